The van der Waals surface area contributed by atoms with Crippen LogP contribution in [-0.2, 0) is 0 Å². The Morgan fingerprint density at radius 3 is 2.14 bits per heavy atom. The van der Waals surface area contributed by atoms with Crippen LogP contribution in [0.25, 0.3) is 16.7 Å². The largest absolute Gasteiger partial charge is 0.737 e. The molecule has 7 rings (SSSR count). The molecule has 0 fully saturated rings. The van der Waals surface area contributed by atoms with Crippen molar-refractivity contribution in [2.24, 2.45) is 0 Å². The van der Waals surface area contributed by atoms with Crippen LogP contribution in [-0.4, -0.2) is 28.7 Å². The molecule has 49 heavy (non-hydrogen) atoms. The molecule has 0 unspecified atom stereocenters. The smallest absolute Gasteiger partial charge is 0.396 e. The van der Waals surface area contributed by atoms with Crippen LogP contribution in [0.5, 0.6) is 0 Å². The molecule has 1 aromatic heterocycles. The lowest BCUT2D eigenvalue weighted by Gasteiger charge is -2.33. The molecule has 4 aromatic rings. The third kappa shape index (κ3) is 4.97. The van der Waals surface area contributed by atoms with Crippen molar-refractivity contribution in [2.75, 3.05) is 11.4 Å². The van der Waals surface area contributed by atoms with Crippen molar-refractivity contribution in [3.8, 4) is 24.3 Å². The molecule has 0 spiro atoms. The summed E-state index contributed by atoms with van der Waals surface area (Å²) >= 11 is 1.57. The number of anilines is 2. The minimum Gasteiger partial charge on any atom is -0.396 e. The number of hydrogen-bond acceptors (Lipinski definition) is 6. The van der Waals surface area contributed by atoms with E-state index in [-0.39, 0.29) is 22.3 Å². The Kier molecular flexibility index (Phi) is 7.85. The predicted molar refractivity (Wildman–Crippen MR) is 186 cm³/mol. The number of halogens is 2. The number of para-hydroxylation sites is 1. The van der Waals surface area contributed by atoms with Gasteiger partial charge in [0.15, 0.2) is 5.70 Å². The molecule has 0 radical (unpaired) electrons. The summed E-state index contributed by atoms with van der Waals surface area (Å²) in [7, 11) is 0. The van der Waals surface area contributed by atoms with E-state index in [1.807, 2.05) is 60.7 Å². The monoisotopic (exact) mass is 659 g/mol. The first-order valence-corrected chi connectivity index (χ1v) is 16.3. The van der Waals surface area contributed by atoms with Gasteiger partial charge in [0.2, 0.25) is 0 Å². The van der Waals surface area contributed by atoms with Gasteiger partial charge >= 0.3 is 6.97 Å². The van der Waals surface area contributed by atoms with Gasteiger partial charge < -0.3 is 22.5 Å². The van der Waals surface area contributed by atoms with E-state index in [0.29, 0.717) is 33.7 Å². The molecule has 0 atom stereocenters. The Labute approximate surface area is 286 Å². The zero-order chi connectivity index (χ0) is 34.3. The fraction of sp³-hybridized carbons (Fsp3) is 0.0789. The highest BCUT2D eigenvalue weighted by atomic mass is 32.2. The Morgan fingerprint density at radius 2 is 1.45 bits per heavy atom. The summed E-state index contributed by atoms with van der Waals surface area (Å²) < 4.78 is 32.7. The predicted octanol–water partition coefficient (Wildman–Crippen LogP) is 8.45. The van der Waals surface area contributed by atoms with E-state index in [4.69, 9.17) is 0 Å². The summed E-state index contributed by atoms with van der Waals surface area (Å²) in [6.07, 6.45) is 6.86. The van der Waals surface area contributed by atoms with Gasteiger partial charge in [-0.25, -0.2) is 0 Å². The molecule has 7 nitrogen and oxygen atoms in total. The van der Waals surface area contributed by atoms with Crippen LogP contribution in [0.15, 0.2) is 124 Å². The number of nitriles is 4. The van der Waals surface area contributed by atoms with Crippen molar-refractivity contribution in [3.63, 3.8) is 0 Å². The fourth-order valence-corrected chi connectivity index (χ4v) is 7.81. The second-order valence-electron chi connectivity index (χ2n) is 11.5. The van der Waals surface area contributed by atoms with Crippen LogP contribution in [0.3, 0.4) is 0 Å². The van der Waals surface area contributed by atoms with Gasteiger partial charge in [-0.3, -0.25) is 0 Å². The minimum atomic E-state index is -4.06. The van der Waals surface area contributed by atoms with Crippen LogP contribution in [0.4, 0.5) is 20.0 Å². The highest BCUT2D eigenvalue weighted by molar-refractivity contribution is 7.99. The first-order valence-electron chi connectivity index (χ1n) is 15.5. The number of rotatable bonds is 6. The normalized spacial score (nSPS) is 14.5. The van der Waals surface area contributed by atoms with Crippen molar-refractivity contribution < 1.29 is 13.1 Å². The molecular weight excluding hydrogens is 635 g/mol. The van der Waals surface area contributed by atoms with Gasteiger partial charge in [0.25, 0.3) is 0 Å². The molecule has 0 bridgehead atoms. The molecule has 3 aliphatic rings. The van der Waals surface area contributed by atoms with E-state index in [2.05, 4.69) is 17.9 Å². The summed E-state index contributed by atoms with van der Waals surface area (Å²) in [6.45, 7) is -1.17. The number of aromatic nitrogens is 1. The molecule has 11 heteroatoms. The topological polar surface area (TPSA) is 106 Å². The van der Waals surface area contributed by atoms with Gasteiger partial charge in [0, 0.05) is 45.3 Å². The summed E-state index contributed by atoms with van der Waals surface area (Å²) in [4.78, 5) is 4.20. The highest BCUT2D eigenvalue weighted by Crippen LogP contribution is 2.50. The fourth-order valence-electron chi connectivity index (χ4n) is 6.67. The molecule has 3 aliphatic heterocycles. The van der Waals surface area contributed by atoms with Crippen molar-refractivity contribution >= 4 is 53.0 Å². The van der Waals surface area contributed by atoms with E-state index in [1.165, 1.54) is 12.4 Å². The lowest BCUT2D eigenvalue weighted by Crippen LogP contribution is -2.49. The molecule has 234 valence electrons. The zero-order valence-corrected chi connectivity index (χ0v) is 26.9. The van der Waals surface area contributed by atoms with Crippen molar-refractivity contribution in [2.45, 2.75) is 23.1 Å². The maximum absolute atomic E-state index is 15.4. The van der Waals surface area contributed by atoms with E-state index in [1.54, 1.807) is 60.3 Å². The van der Waals surface area contributed by atoms with Crippen molar-refractivity contribution in [1.29, 1.82) is 21.0 Å². The number of allylic oxidation sites excluding steroid dienone is 6. The molecule has 0 saturated heterocycles. The highest BCUT2D eigenvalue weighted by Gasteiger charge is 2.51. The summed E-state index contributed by atoms with van der Waals surface area (Å²) in [5.74, 6) is 0. The SMILES string of the molecule is CCCN1c2ccccc2Sc2cc(C(=C(C#N)C#N)C(=C(C#N)C#N)c3ccc(C4=C5C=CC=[N+]5[B-](F)(F)n5cccc54)cc3)ccc21. The summed E-state index contributed by atoms with van der Waals surface area (Å²) in [5.41, 5.74) is 4.71. The third-order valence-corrected chi connectivity index (χ3v) is 9.87. The molecule has 3 aromatic carbocycles. The number of hydrogen-bond donors (Lipinski definition) is 0. The molecule has 0 N–H and O–H groups in total. The second-order valence-corrected chi connectivity index (χ2v) is 12.6. The van der Waals surface area contributed by atoms with E-state index in [0.717, 1.165) is 43.1 Å². The van der Waals surface area contributed by atoms with Gasteiger partial charge in [-0.1, -0.05) is 61.2 Å². The summed E-state index contributed by atoms with van der Waals surface area (Å²) in [5, 5.41) is 40.6. The van der Waals surface area contributed by atoms with Gasteiger partial charge in [-0.2, -0.15) is 21.0 Å². The maximum atomic E-state index is 15.4. The van der Waals surface area contributed by atoms with E-state index >= 15 is 8.63 Å². The molecule has 0 aliphatic carbocycles. The average Bonchev–Trinajstić information content (AvgIpc) is 3.82. The van der Waals surface area contributed by atoms with Gasteiger partial charge in [0.05, 0.1) is 16.9 Å². The number of nitrogens with zero attached hydrogens (tertiary/aromatic N) is 7. The second kappa shape index (κ2) is 12.3. The quantitative estimate of drug-likeness (QED) is 0.117. The Bertz CT molecular complexity index is 2370. The minimum absolute atomic E-state index is 0.136. The van der Waals surface area contributed by atoms with Crippen LogP contribution in [0.2, 0.25) is 0 Å². The standard InChI is InChI=1S/C38H24BF2N7S/c1-2-17-46-30-7-3-4-10-34(30)49-35-20-27(15-16-31(35)46)37(29(23-44)24-45)36(28(21-42)22-43)25-11-13-26(14-12-25)38-32-8-5-18-47(32)39(40,41)48-19-6-9-33(38)48/h3-16,18-20H,2,17H2,1H3. The lowest BCUT2D eigenvalue weighted by molar-refractivity contribution is -0.356. The van der Waals surface area contributed by atoms with E-state index in [9.17, 15) is 21.0 Å². The van der Waals surface area contributed by atoms with Crippen LogP contribution in [0.1, 0.15) is 35.7 Å². The Morgan fingerprint density at radius 1 is 0.796 bits per heavy atom. The van der Waals surface area contributed by atoms with Crippen LogP contribution < -0.4 is 4.90 Å². The first-order chi connectivity index (χ1) is 23.9. The van der Waals surface area contributed by atoms with Crippen LogP contribution >= 0.6 is 11.8 Å². The van der Waals surface area contributed by atoms with Gasteiger partial charge in [-0.05, 0) is 65.7 Å². The third-order valence-electron chi connectivity index (χ3n) is 8.76. The van der Waals surface area contributed by atoms with Crippen LogP contribution in [0, 0.1) is 45.3 Å². The zero-order valence-electron chi connectivity index (χ0n) is 26.1. The lowest BCUT2D eigenvalue weighted by atomic mass is 9.84. The van der Waals surface area contributed by atoms with Gasteiger partial charge in [-0.15, -0.1) is 0 Å². The number of benzene rings is 3. The maximum Gasteiger partial charge on any atom is 0.737 e. The molecule has 4 heterocycles. The van der Waals surface area contributed by atoms with E-state index < -0.39 is 6.97 Å². The number of fused-ring (bicyclic) bond motifs is 4. The molecule has 0 saturated carbocycles. The van der Waals surface area contributed by atoms with Gasteiger partial charge in [0.1, 0.15) is 41.6 Å². The van der Waals surface area contributed by atoms with Crippen molar-refractivity contribution in [1.82, 2.24) is 4.48 Å². The average molecular weight is 660 g/mol. The first kappa shape index (κ1) is 31.2. The Hall–Kier alpha value is -6.40. The summed E-state index contributed by atoms with van der Waals surface area (Å²) in [6, 6.07) is 31.7. The Balaban J connectivity index is 1.38. The molecule has 0 amide bonds. The van der Waals surface area contributed by atoms with Crippen molar-refractivity contribution in [3.05, 3.63) is 136 Å². The molecular formula is C38H24BF2N7S.